The maximum atomic E-state index is 13.9. The van der Waals surface area contributed by atoms with Crippen LogP contribution in [0.25, 0.3) is 10.6 Å². The molecule has 0 radical (unpaired) electrons. The molecule has 0 aliphatic rings. The third-order valence-electron chi connectivity index (χ3n) is 3.46. The van der Waals surface area contributed by atoms with Gasteiger partial charge in [0.1, 0.15) is 10.8 Å². The van der Waals surface area contributed by atoms with Crippen LogP contribution < -0.4 is 5.32 Å². The maximum Gasteiger partial charge on any atom is 0.220 e. The molecule has 23 heavy (non-hydrogen) atoms. The topological polar surface area (TPSA) is 51.2 Å². The molecule has 0 spiro atoms. The Morgan fingerprint density at radius 3 is 2.87 bits per heavy atom. The van der Waals surface area contributed by atoms with Crippen LogP contribution in [0.5, 0.6) is 0 Å². The van der Waals surface area contributed by atoms with Crippen molar-refractivity contribution in [1.82, 2.24) is 10.3 Å². The highest BCUT2D eigenvalue weighted by Gasteiger charge is 2.18. The molecule has 4 nitrogen and oxygen atoms in total. The Kier molecular flexibility index (Phi) is 6.24. The number of aromatic nitrogens is 1. The van der Waals surface area contributed by atoms with E-state index in [-0.39, 0.29) is 17.8 Å². The van der Waals surface area contributed by atoms with Gasteiger partial charge in [0.15, 0.2) is 0 Å². The van der Waals surface area contributed by atoms with E-state index in [2.05, 4.69) is 10.3 Å². The van der Waals surface area contributed by atoms with Gasteiger partial charge in [-0.05, 0) is 32.4 Å². The molecule has 1 heterocycles. The standard InChI is InChI=1S/C17H21FN2O2S/c1-11(19-15(21)9-6-10-22-3)16-12(2)20-17(23-16)13-7-4-5-8-14(13)18/h4-5,7-8,11H,6,9-10H2,1-3H3,(H,19,21)/t11-/m0/s1. The minimum atomic E-state index is -0.288. The number of carbonyl (C=O) groups excluding carboxylic acids is 1. The number of aryl methyl sites for hydroxylation is 1. The van der Waals surface area contributed by atoms with Crippen LogP contribution in [0.1, 0.15) is 36.4 Å². The summed E-state index contributed by atoms with van der Waals surface area (Å²) in [7, 11) is 1.62. The second kappa shape index (κ2) is 8.17. The lowest BCUT2D eigenvalue weighted by molar-refractivity contribution is -0.122. The summed E-state index contributed by atoms with van der Waals surface area (Å²) in [6.45, 7) is 4.36. The van der Waals surface area contributed by atoms with Crippen molar-refractivity contribution in [3.05, 3.63) is 40.7 Å². The Balaban J connectivity index is 2.09. The van der Waals surface area contributed by atoms with Crippen LogP contribution in [0.3, 0.4) is 0 Å². The second-order valence-electron chi connectivity index (χ2n) is 5.33. The Morgan fingerprint density at radius 1 is 1.43 bits per heavy atom. The molecule has 1 aromatic carbocycles. The highest BCUT2D eigenvalue weighted by molar-refractivity contribution is 7.15. The smallest absolute Gasteiger partial charge is 0.220 e. The molecule has 0 aliphatic heterocycles. The molecule has 0 fully saturated rings. The fourth-order valence-electron chi connectivity index (χ4n) is 2.32. The number of nitrogens with zero attached hydrogens (tertiary/aromatic N) is 1. The lowest BCUT2D eigenvalue weighted by atomic mass is 10.2. The summed E-state index contributed by atoms with van der Waals surface area (Å²) >= 11 is 1.41. The summed E-state index contributed by atoms with van der Waals surface area (Å²) < 4.78 is 18.8. The maximum absolute atomic E-state index is 13.9. The zero-order chi connectivity index (χ0) is 16.8. The molecule has 1 amide bonds. The number of ether oxygens (including phenoxy) is 1. The van der Waals surface area contributed by atoms with Gasteiger partial charge in [0.05, 0.1) is 16.6 Å². The molecule has 2 rings (SSSR count). The van der Waals surface area contributed by atoms with Gasteiger partial charge >= 0.3 is 0 Å². The summed E-state index contributed by atoms with van der Waals surface area (Å²) in [5.74, 6) is -0.307. The van der Waals surface area contributed by atoms with Crippen molar-refractivity contribution >= 4 is 17.2 Å². The molecule has 0 unspecified atom stereocenters. The molecule has 124 valence electrons. The monoisotopic (exact) mass is 336 g/mol. The molecule has 6 heteroatoms. The van der Waals surface area contributed by atoms with Crippen LogP contribution in [0.15, 0.2) is 24.3 Å². The molecule has 2 aromatic rings. The van der Waals surface area contributed by atoms with E-state index in [4.69, 9.17) is 4.74 Å². The molecule has 1 aromatic heterocycles. The predicted molar refractivity (Wildman–Crippen MR) is 89.9 cm³/mol. The minimum Gasteiger partial charge on any atom is -0.385 e. The van der Waals surface area contributed by atoms with Crippen LogP contribution >= 0.6 is 11.3 Å². The van der Waals surface area contributed by atoms with Gasteiger partial charge in [-0.1, -0.05) is 12.1 Å². The number of halogens is 1. The first-order valence-electron chi connectivity index (χ1n) is 7.53. The van der Waals surface area contributed by atoms with Crippen LogP contribution in [-0.2, 0) is 9.53 Å². The van der Waals surface area contributed by atoms with E-state index >= 15 is 0 Å². The lowest BCUT2D eigenvalue weighted by Crippen LogP contribution is -2.26. The summed E-state index contributed by atoms with van der Waals surface area (Å²) in [6.07, 6.45) is 1.12. The Morgan fingerprint density at radius 2 is 2.17 bits per heavy atom. The molecule has 1 N–H and O–H groups in total. The van der Waals surface area contributed by atoms with E-state index in [1.54, 1.807) is 25.3 Å². The molecule has 0 saturated carbocycles. The number of amides is 1. The largest absolute Gasteiger partial charge is 0.385 e. The third-order valence-corrected chi connectivity index (χ3v) is 4.83. The van der Waals surface area contributed by atoms with E-state index in [0.717, 1.165) is 10.6 Å². The fraction of sp³-hybridized carbons (Fsp3) is 0.412. The summed E-state index contributed by atoms with van der Waals surface area (Å²) in [4.78, 5) is 17.3. The lowest BCUT2D eigenvalue weighted by Gasteiger charge is -2.12. The average molecular weight is 336 g/mol. The molecule has 0 bridgehead atoms. The number of hydrogen-bond donors (Lipinski definition) is 1. The van der Waals surface area contributed by atoms with Crippen molar-refractivity contribution in [2.75, 3.05) is 13.7 Å². The van der Waals surface area contributed by atoms with E-state index in [1.165, 1.54) is 17.4 Å². The molecular formula is C17H21FN2O2S. The van der Waals surface area contributed by atoms with Crippen molar-refractivity contribution in [1.29, 1.82) is 0 Å². The van der Waals surface area contributed by atoms with Gasteiger partial charge in [-0.3, -0.25) is 4.79 Å². The van der Waals surface area contributed by atoms with Crippen molar-refractivity contribution in [3.63, 3.8) is 0 Å². The van der Waals surface area contributed by atoms with Crippen LogP contribution in [0.2, 0.25) is 0 Å². The molecule has 1 atom stereocenters. The van der Waals surface area contributed by atoms with Crippen LogP contribution in [-0.4, -0.2) is 24.6 Å². The van der Waals surface area contributed by atoms with Gasteiger partial charge < -0.3 is 10.1 Å². The zero-order valence-electron chi connectivity index (χ0n) is 13.6. The van der Waals surface area contributed by atoms with E-state index in [1.807, 2.05) is 13.8 Å². The highest BCUT2D eigenvalue weighted by atomic mass is 32.1. The van der Waals surface area contributed by atoms with Crippen molar-refractivity contribution in [3.8, 4) is 10.6 Å². The average Bonchev–Trinajstić information content (AvgIpc) is 2.90. The third kappa shape index (κ3) is 4.59. The van der Waals surface area contributed by atoms with Crippen molar-refractivity contribution in [2.24, 2.45) is 0 Å². The molecular weight excluding hydrogens is 315 g/mol. The van der Waals surface area contributed by atoms with Crippen molar-refractivity contribution in [2.45, 2.75) is 32.7 Å². The van der Waals surface area contributed by atoms with Gasteiger partial charge in [-0.25, -0.2) is 9.37 Å². The van der Waals surface area contributed by atoms with Gasteiger partial charge in [0, 0.05) is 25.7 Å². The Bertz CT molecular complexity index is 672. The van der Waals surface area contributed by atoms with Gasteiger partial charge in [0.25, 0.3) is 0 Å². The molecule has 0 aliphatic carbocycles. The van der Waals surface area contributed by atoms with E-state index < -0.39 is 0 Å². The van der Waals surface area contributed by atoms with Crippen LogP contribution in [0.4, 0.5) is 4.39 Å². The zero-order valence-corrected chi connectivity index (χ0v) is 14.4. The first-order valence-corrected chi connectivity index (χ1v) is 8.35. The SMILES string of the molecule is COCCCC(=O)N[C@@H](C)c1sc(-c2ccccc2F)nc1C. The van der Waals surface area contributed by atoms with E-state index in [9.17, 15) is 9.18 Å². The summed E-state index contributed by atoms with van der Waals surface area (Å²) in [5.41, 5.74) is 1.31. The van der Waals surface area contributed by atoms with Crippen LogP contribution in [0, 0.1) is 12.7 Å². The predicted octanol–water partition coefficient (Wildman–Crippen LogP) is 3.86. The quantitative estimate of drug-likeness (QED) is 0.781. The van der Waals surface area contributed by atoms with Gasteiger partial charge in [0.2, 0.25) is 5.91 Å². The normalized spacial score (nSPS) is 12.2. The molecule has 0 saturated heterocycles. The van der Waals surface area contributed by atoms with Gasteiger partial charge in [-0.2, -0.15) is 0 Å². The fourth-order valence-corrected chi connectivity index (χ4v) is 3.41. The number of hydrogen-bond acceptors (Lipinski definition) is 4. The first-order chi connectivity index (χ1) is 11.0. The number of rotatable bonds is 7. The number of methoxy groups -OCH3 is 1. The van der Waals surface area contributed by atoms with Gasteiger partial charge in [-0.15, -0.1) is 11.3 Å². The number of nitrogens with one attached hydrogen (secondary N) is 1. The summed E-state index contributed by atoms with van der Waals surface area (Å²) in [6, 6.07) is 6.43. The van der Waals surface area contributed by atoms with E-state index in [0.29, 0.717) is 30.0 Å². The van der Waals surface area contributed by atoms with Crippen molar-refractivity contribution < 1.29 is 13.9 Å². The Labute approximate surface area is 139 Å². The first kappa shape index (κ1) is 17.6. The minimum absolute atomic E-state index is 0.0187. The number of benzene rings is 1. The number of carbonyl (C=O) groups is 1. The number of thiazole rings is 1. The summed E-state index contributed by atoms with van der Waals surface area (Å²) in [5, 5.41) is 3.59. The Hall–Kier alpha value is -1.79. The second-order valence-corrected chi connectivity index (χ2v) is 6.36. The highest BCUT2D eigenvalue weighted by Crippen LogP contribution is 2.32.